The van der Waals surface area contributed by atoms with Gasteiger partial charge in [-0.05, 0) is 36.4 Å². The lowest BCUT2D eigenvalue weighted by atomic mass is 10.1. The summed E-state index contributed by atoms with van der Waals surface area (Å²) in [6.07, 6.45) is 0. The first-order chi connectivity index (χ1) is 12.7. The van der Waals surface area contributed by atoms with Crippen LogP contribution in [0.5, 0.6) is 5.75 Å². The standard InChI is InChI=1S/C19H16FN3O2S/c1-25-14-6-4-5-13(11-14)16-9-10-19(23-22-16)26-12-18(24)21-17-8-3-2-7-15(17)20/h2-11H,12H2,1H3,(H,21,24). The quantitative estimate of drug-likeness (QED) is 0.665. The summed E-state index contributed by atoms with van der Waals surface area (Å²) in [5.74, 6) is 0.0845. The van der Waals surface area contributed by atoms with Crippen molar-refractivity contribution in [2.75, 3.05) is 18.2 Å². The molecular formula is C19H16FN3O2S. The van der Waals surface area contributed by atoms with Gasteiger partial charge in [0.25, 0.3) is 0 Å². The molecule has 1 N–H and O–H groups in total. The van der Waals surface area contributed by atoms with Crippen LogP contribution in [0.4, 0.5) is 10.1 Å². The van der Waals surface area contributed by atoms with Gasteiger partial charge in [-0.1, -0.05) is 36.0 Å². The average Bonchev–Trinajstić information content (AvgIpc) is 2.68. The van der Waals surface area contributed by atoms with Gasteiger partial charge in [0.2, 0.25) is 5.91 Å². The summed E-state index contributed by atoms with van der Waals surface area (Å²) in [5, 5.41) is 11.5. The Balaban J connectivity index is 1.59. The maximum Gasteiger partial charge on any atom is 0.234 e. The molecule has 0 atom stereocenters. The minimum absolute atomic E-state index is 0.113. The molecular weight excluding hydrogens is 353 g/mol. The number of anilines is 1. The van der Waals surface area contributed by atoms with Gasteiger partial charge >= 0.3 is 0 Å². The van der Waals surface area contributed by atoms with Gasteiger partial charge in [-0.2, -0.15) is 0 Å². The number of carbonyl (C=O) groups is 1. The zero-order valence-corrected chi connectivity index (χ0v) is 14.8. The van der Waals surface area contributed by atoms with Gasteiger partial charge in [0, 0.05) is 5.56 Å². The summed E-state index contributed by atoms with van der Waals surface area (Å²) in [6.45, 7) is 0. The summed E-state index contributed by atoms with van der Waals surface area (Å²) < 4.78 is 18.7. The molecule has 2 aromatic carbocycles. The molecule has 0 spiro atoms. The topological polar surface area (TPSA) is 64.1 Å². The van der Waals surface area contributed by atoms with E-state index in [9.17, 15) is 9.18 Å². The van der Waals surface area contributed by atoms with Crippen molar-refractivity contribution < 1.29 is 13.9 Å². The first-order valence-corrected chi connectivity index (χ1v) is 8.79. The van der Waals surface area contributed by atoms with Gasteiger partial charge in [0.05, 0.1) is 24.2 Å². The predicted octanol–water partition coefficient (Wildman–Crippen LogP) is 4.02. The van der Waals surface area contributed by atoms with Crippen LogP contribution in [0.25, 0.3) is 11.3 Å². The van der Waals surface area contributed by atoms with E-state index in [1.54, 1.807) is 25.3 Å². The van der Waals surface area contributed by atoms with E-state index in [1.807, 2.05) is 30.3 Å². The van der Waals surface area contributed by atoms with Crippen molar-refractivity contribution in [1.29, 1.82) is 0 Å². The molecule has 1 amide bonds. The highest BCUT2D eigenvalue weighted by molar-refractivity contribution is 7.99. The zero-order valence-electron chi connectivity index (χ0n) is 14.0. The van der Waals surface area contributed by atoms with Crippen LogP contribution in [0, 0.1) is 5.82 Å². The number of hydrogen-bond donors (Lipinski definition) is 1. The molecule has 26 heavy (non-hydrogen) atoms. The molecule has 3 aromatic rings. The van der Waals surface area contributed by atoms with Crippen molar-refractivity contribution in [3.05, 3.63) is 66.5 Å². The minimum Gasteiger partial charge on any atom is -0.497 e. The number of hydrogen-bond acceptors (Lipinski definition) is 5. The Labute approximate surface area is 154 Å². The number of aromatic nitrogens is 2. The molecule has 1 heterocycles. The Hall–Kier alpha value is -2.93. The maximum atomic E-state index is 13.5. The normalized spacial score (nSPS) is 10.4. The molecule has 7 heteroatoms. The van der Waals surface area contributed by atoms with E-state index in [2.05, 4.69) is 15.5 Å². The van der Waals surface area contributed by atoms with E-state index in [4.69, 9.17) is 4.74 Å². The fourth-order valence-electron chi connectivity index (χ4n) is 2.22. The van der Waals surface area contributed by atoms with E-state index < -0.39 is 5.82 Å². The molecule has 0 unspecified atom stereocenters. The number of carbonyl (C=O) groups excluding carboxylic acids is 1. The van der Waals surface area contributed by atoms with Gasteiger partial charge in [0.1, 0.15) is 16.6 Å². The van der Waals surface area contributed by atoms with E-state index in [0.717, 1.165) is 11.3 Å². The highest BCUT2D eigenvalue weighted by Crippen LogP contribution is 2.23. The van der Waals surface area contributed by atoms with Gasteiger partial charge < -0.3 is 10.1 Å². The molecule has 132 valence electrons. The number of para-hydroxylation sites is 1. The molecule has 3 rings (SSSR count). The van der Waals surface area contributed by atoms with Crippen molar-refractivity contribution in [3.63, 3.8) is 0 Å². The lowest BCUT2D eigenvalue weighted by Gasteiger charge is -2.06. The number of nitrogens with zero attached hydrogens (tertiary/aromatic N) is 2. The van der Waals surface area contributed by atoms with Gasteiger partial charge in [-0.3, -0.25) is 4.79 Å². The summed E-state index contributed by atoms with van der Waals surface area (Å²) in [5.41, 5.74) is 1.77. The maximum absolute atomic E-state index is 13.5. The molecule has 0 aliphatic carbocycles. The lowest BCUT2D eigenvalue weighted by Crippen LogP contribution is -2.15. The van der Waals surface area contributed by atoms with Gasteiger partial charge in [-0.25, -0.2) is 4.39 Å². The Kier molecular flexibility index (Phi) is 5.80. The van der Waals surface area contributed by atoms with Crippen molar-refractivity contribution in [2.45, 2.75) is 5.03 Å². The van der Waals surface area contributed by atoms with Crippen molar-refractivity contribution in [2.24, 2.45) is 0 Å². The Morgan fingerprint density at radius 3 is 2.69 bits per heavy atom. The number of amides is 1. The molecule has 0 fully saturated rings. The second-order valence-corrected chi connectivity index (χ2v) is 6.30. The molecule has 0 aliphatic heterocycles. The van der Waals surface area contributed by atoms with Crippen LogP contribution in [0.15, 0.2) is 65.7 Å². The number of halogens is 1. The fraction of sp³-hybridized carbons (Fsp3) is 0.105. The summed E-state index contributed by atoms with van der Waals surface area (Å²) in [4.78, 5) is 11.9. The van der Waals surface area contributed by atoms with E-state index in [-0.39, 0.29) is 17.3 Å². The summed E-state index contributed by atoms with van der Waals surface area (Å²) in [6, 6.07) is 17.2. The minimum atomic E-state index is -0.465. The van der Waals surface area contributed by atoms with Crippen molar-refractivity contribution in [3.8, 4) is 17.0 Å². The first kappa shape index (κ1) is 17.9. The highest BCUT2D eigenvalue weighted by Gasteiger charge is 2.08. The lowest BCUT2D eigenvalue weighted by molar-refractivity contribution is -0.113. The van der Waals surface area contributed by atoms with Crippen LogP contribution < -0.4 is 10.1 Å². The third-order valence-electron chi connectivity index (χ3n) is 3.50. The van der Waals surface area contributed by atoms with Crippen molar-refractivity contribution >= 4 is 23.4 Å². The second-order valence-electron chi connectivity index (χ2n) is 5.31. The molecule has 5 nitrogen and oxygen atoms in total. The van der Waals surface area contributed by atoms with E-state index in [1.165, 1.54) is 23.9 Å². The van der Waals surface area contributed by atoms with E-state index >= 15 is 0 Å². The average molecular weight is 369 g/mol. The van der Waals surface area contributed by atoms with Crippen LogP contribution in [-0.2, 0) is 4.79 Å². The van der Waals surface area contributed by atoms with Crippen molar-refractivity contribution in [1.82, 2.24) is 10.2 Å². The molecule has 0 radical (unpaired) electrons. The number of thioether (sulfide) groups is 1. The number of benzene rings is 2. The highest BCUT2D eigenvalue weighted by atomic mass is 32.2. The van der Waals surface area contributed by atoms with Crippen LogP contribution in [-0.4, -0.2) is 29.0 Å². The summed E-state index contributed by atoms with van der Waals surface area (Å²) >= 11 is 1.23. The van der Waals surface area contributed by atoms with Crippen LogP contribution >= 0.6 is 11.8 Å². The fourth-order valence-corrected chi connectivity index (χ4v) is 2.84. The molecule has 0 bridgehead atoms. The zero-order chi connectivity index (χ0) is 18.4. The monoisotopic (exact) mass is 369 g/mol. The number of rotatable bonds is 6. The number of ether oxygens (including phenoxy) is 1. The largest absolute Gasteiger partial charge is 0.497 e. The molecule has 0 saturated heterocycles. The molecule has 0 saturated carbocycles. The van der Waals surface area contributed by atoms with Crippen LogP contribution in [0.1, 0.15) is 0 Å². The molecule has 1 aromatic heterocycles. The van der Waals surface area contributed by atoms with Crippen LogP contribution in [0.2, 0.25) is 0 Å². The van der Waals surface area contributed by atoms with Gasteiger partial charge in [-0.15, -0.1) is 10.2 Å². The first-order valence-electron chi connectivity index (χ1n) is 7.81. The predicted molar refractivity (Wildman–Crippen MR) is 99.8 cm³/mol. The molecule has 0 aliphatic rings. The second kappa shape index (κ2) is 8.44. The summed E-state index contributed by atoms with van der Waals surface area (Å²) in [7, 11) is 1.61. The Morgan fingerprint density at radius 2 is 1.96 bits per heavy atom. The third-order valence-corrected chi connectivity index (χ3v) is 4.42. The smallest absolute Gasteiger partial charge is 0.234 e. The SMILES string of the molecule is COc1cccc(-c2ccc(SCC(=O)Nc3ccccc3F)nn2)c1. The number of methoxy groups -OCH3 is 1. The van der Waals surface area contributed by atoms with E-state index in [0.29, 0.717) is 10.7 Å². The van der Waals surface area contributed by atoms with Gasteiger partial charge in [0.15, 0.2) is 0 Å². The van der Waals surface area contributed by atoms with Crippen LogP contribution in [0.3, 0.4) is 0 Å². The Morgan fingerprint density at radius 1 is 1.12 bits per heavy atom. The third kappa shape index (κ3) is 4.58. The number of nitrogens with one attached hydrogen (secondary N) is 1. The Bertz CT molecular complexity index is 903.